The number of aromatic nitrogens is 2. The van der Waals surface area contributed by atoms with Crippen molar-refractivity contribution in [2.75, 3.05) is 5.32 Å². The molecule has 1 amide bonds. The van der Waals surface area contributed by atoms with Gasteiger partial charge in [0.05, 0.1) is 11.0 Å². The van der Waals surface area contributed by atoms with E-state index in [9.17, 15) is 27.2 Å². The number of amides is 1. The van der Waals surface area contributed by atoms with Crippen LogP contribution in [-0.4, -0.2) is 21.2 Å². The lowest BCUT2D eigenvalue weighted by Crippen LogP contribution is -2.34. The summed E-state index contributed by atoms with van der Waals surface area (Å²) >= 11 is 0. The number of anilines is 1. The fraction of sp³-hybridized carbons (Fsp3) is 0.167. The first-order valence-corrected chi connectivity index (χ1v) is 7.99. The third-order valence-corrected chi connectivity index (χ3v) is 4.42. The van der Waals surface area contributed by atoms with Crippen LogP contribution in [0.1, 0.15) is 18.2 Å². The van der Waals surface area contributed by atoms with E-state index in [1.807, 2.05) is 5.32 Å². The van der Waals surface area contributed by atoms with Crippen molar-refractivity contribution in [1.29, 1.82) is 0 Å². The molecule has 1 atom stereocenters. The summed E-state index contributed by atoms with van der Waals surface area (Å²) in [7, 11) is 0. The van der Waals surface area contributed by atoms with Gasteiger partial charge in [0.1, 0.15) is 23.1 Å². The molecule has 3 aromatic rings. The van der Waals surface area contributed by atoms with E-state index in [-0.39, 0.29) is 24.3 Å². The predicted octanol–water partition coefficient (Wildman–Crippen LogP) is 3.29. The first-order chi connectivity index (χ1) is 12.8. The maximum absolute atomic E-state index is 13.8. The smallest absolute Gasteiger partial charge is 0.242 e. The van der Waals surface area contributed by atoms with Gasteiger partial charge in [-0.25, -0.2) is 22.5 Å². The third-order valence-electron chi connectivity index (χ3n) is 4.42. The summed E-state index contributed by atoms with van der Waals surface area (Å²) in [4.78, 5) is 29.1. The lowest BCUT2D eigenvalue weighted by Gasteiger charge is -2.22. The van der Waals surface area contributed by atoms with E-state index in [0.29, 0.717) is 17.6 Å². The van der Waals surface area contributed by atoms with E-state index in [0.717, 1.165) is 0 Å². The van der Waals surface area contributed by atoms with Crippen molar-refractivity contribution >= 4 is 28.4 Å². The third kappa shape index (κ3) is 2.84. The number of hydrogen-bond donors (Lipinski definition) is 1. The normalized spacial score (nSPS) is 16.4. The zero-order valence-electron chi connectivity index (χ0n) is 13.6. The molecule has 0 aliphatic carbocycles. The number of nitrogens with one attached hydrogen (secondary N) is 1. The number of halogens is 4. The predicted molar refractivity (Wildman–Crippen MR) is 87.0 cm³/mol. The Balaban J connectivity index is 1.75. The first-order valence-electron chi connectivity index (χ1n) is 7.99. The fourth-order valence-corrected chi connectivity index (χ4v) is 3.21. The Bertz CT molecular complexity index is 1090. The number of carbonyl (C=O) groups is 2. The van der Waals surface area contributed by atoms with E-state index >= 15 is 0 Å². The van der Waals surface area contributed by atoms with Crippen LogP contribution in [0.15, 0.2) is 30.3 Å². The van der Waals surface area contributed by atoms with Crippen molar-refractivity contribution < 1.29 is 27.2 Å². The zero-order valence-corrected chi connectivity index (χ0v) is 13.6. The Morgan fingerprint density at radius 3 is 2.48 bits per heavy atom. The Kier molecular flexibility index (Phi) is 3.94. The zero-order chi connectivity index (χ0) is 19.3. The van der Waals surface area contributed by atoms with Crippen LogP contribution in [0.4, 0.5) is 23.2 Å². The van der Waals surface area contributed by atoms with Gasteiger partial charge in [-0.2, -0.15) is 0 Å². The van der Waals surface area contributed by atoms with Crippen LogP contribution in [0, 0.1) is 23.3 Å². The molecule has 9 heteroatoms. The molecule has 0 fully saturated rings. The van der Waals surface area contributed by atoms with Gasteiger partial charge in [0, 0.05) is 31.2 Å². The van der Waals surface area contributed by atoms with Crippen LogP contribution in [0.2, 0.25) is 0 Å². The molecule has 0 bridgehead atoms. The summed E-state index contributed by atoms with van der Waals surface area (Å²) in [6, 6.07) is 4.70. The highest BCUT2D eigenvalue weighted by Gasteiger charge is 2.37. The molecule has 1 N–H and O–H groups in total. The summed E-state index contributed by atoms with van der Waals surface area (Å²) in [6.07, 6.45) is 0.00229. The minimum atomic E-state index is -1.42. The second kappa shape index (κ2) is 6.19. The molecule has 2 aromatic carbocycles. The second-order valence-electron chi connectivity index (χ2n) is 6.14. The Hall–Kier alpha value is -3.23. The number of nitrogens with zero attached hydrogens (tertiary/aromatic N) is 2. The SMILES string of the molecule is O=C1CCn2c(nc3cc(F)ccc32)C1C(=O)Nc1c(F)cc(F)cc1F. The lowest BCUT2D eigenvalue weighted by atomic mass is 9.96. The van der Waals surface area contributed by atoms with Gasteiger partial charge in [0.2, 0.25) is 5.91 Å². The van der Waals surface area contributed by atoms with E-state index in [2.05, 4.69) is 4.98 Å². The highest BCUT2D eigenvalue weighted by atomic mass is 19.1. The van der Waals surface area contributed by atoms with Crippen LogP contribution in [0.5, 0.6) is 0 Å². The van der Waals surface area contributed by atoms with E-state index in [1.165, 1.54) is 18.2 Å². The molecule has 0 radical (unpaired) electrons. The topological polar surface area (TPSA) is 64.0 Å². The largest absolute Gasteiger partial charge is 0.326 e. The van der Waals surface area contributed by atoms with Crippen molar-refractivity contribution in [3.05, 3.63) is 59.4 Å². The minimum Gasteiger partial charge on any atom is -0.326 e. The maximum Gasteiger partial charge on any atom is 0.242 e. The molecule has 0 saturated carbocycles. The van der Waals surface area contributed by atoms with Gasteiger partial charge >= 0.3 is 0 Å². The number of aryl methyl sites for hydroxylation is 1. The van der Waals surface area contributed by atoms with Crippen molar-refractivity contribution in [2.45, 2.75) is 18.9 Å². The number of imidazole rings is 1. The molecule has 2 heterocycles. The van der Waals surface area contributed by atoms with Gasteiger partial charge in [0.15, 0.2) is 23.3 Å². The number of ketones is 1. The Morgan fingerprint density at radius 2 is 1.78 bits per heavy atom. The monoisotopic (exact) mass is 377 g/mol. The highest BCUT2D eigenvalue weighted by Crippen LogP contribution is 2.30. The van der Waals surface area contributed by atoms with Crippen LogP contribution in [0.3, 0.4) is 0 Å². The summed E-state index contributed by atoms with van der Waals surface area (Å²) in [5, 5.41) is 2.00. The van der Waals surface area contributed by atoms with E-state index in [4.69, 9.17) is 0 Å². The molecule has 1 aliphatic heterocycles. The second-order valence-corrected chi connectivity index (χ2v) is 6.14. The Morgan fingerprint density at radius 1 is 1.07 bits per heavy atom. The molecular formula is C18H11F4N3O2. The highest BCUT2D eigenvalue weighted by molar-refractivity contribution is 6.12. The van der Waals surface area contributed by atoms with Crippen molar-refractivity contribution in [3.8, 4) is 0 Å². The number of hydrogen-bond acceptors (Lipinski definition) is 3. The number of rotatable bonds is 2. The quantitative estimate of drug-likeness (QED) is 0.551. The molecule has 1 unspecified atom stereocenters. The molecule has 27 heavy (non-hydrogen) atoms. The summed E-state index contributed by atoms with van der Waals surface area (Å²) in [6.45, 7) is 0.249. The molecular weight excluding hydrogens is 366 g/mol. The molecule has 138 valence electrons. The van der Waals surface area contributed by atoms with Gasteiger partial charge in [0.25, 0.3) is 0 Å². The average molecular weight is 377 g/mol. The van der Waals surface area contributed by atoms with Gasteiger partial charge < -0.3 is 9.88 Å². The van der Waals surface area contributed by atoms with Gasteiger partial charge in [-0.15, -0.1) is 0 Å². The van der Waals surface area contributed by atoms with Crippen LogP contribution in [0.25, 0.3) is 11.0 Å². The Labute approximate surface area is 149 Å². The number of benzene rings is 2. The van der Waals surface area contributed by atoms with Gasteiger partial charge in [-0.3, -0.25) is 9.59 Å². The first kappa shape index (κ1) is 17.2. The standard InChI is InChI=1S/C18H11F4N3O2/c19-8-1-2-13-12(7-8)23-17-15(14(26)3-4-25(13)17)18(27)24-16-10(21)5-9(20)6-11(16)22/h1-2,5-7,15H,3-4H2,(H,24,27). The van der Waals surface area contributed by atoms with Gasteiger partial charge in [-0.05, 0) is 12.1 Å². The van der Waals surface area contributed by atoms with E-state index in [1.54, 1.807) is 4.57 Å². The lowest BCUT2D eigenvalue weighted by molar-refractivity contribution is -0.128. The molecule has 1 aliphatic rings. The molecule has 0 spiro atoms. The number of fused-ring (bicyclic) bond motifs is 3. The van der Waals surface area contributed by atoms with Crippen LogP contribution >= 0.6 is 0 Å². The molecule has 5 nitrogen and oxygen atoms in total. The summed E-state index contributed by atoms with van der Waals surface area (Å²) in [5.41, 5.74) is -0.0547. The average Bonchev–Trinajstić information content (AvgIpc) is 2.94. The number of carbonyl (C=O) groups excluding carboxylic acids is 2. The van der Waals surface area contributed by atoms with Crippen molar-refractivity contribution in [2.24, 2.45) is 0 Å². The molecule has 4 rings (SSSR count). The van der Waals surface area contributed by atoms with Gasteiger partial charge in [-0.1, -0.05) is 0 Å². The van der Waals surface area contributed by atoms with Crippen molar-refractivity contribution in [3.63, 3.8) is 0 Å². The number of Topliss-reactive ketones (excluding diaryl/α,β-unsaturated/α-hetero) is 1. The fourth-order valence-electron chi connectivity index (χ4n) is 3.21. The summed E-state index contributed by atoms with van der Waals surface area (Å²) < 4.78 is 55.7. The molecule has 0 saturated heterocycles. The van der Waals surface area contributed by atoms with E-state index < -0.39 is 46.6 Å². The van der Waals surface area contributed by atoms with Crippen LogP contribution < -0.4 is 5.32 Å². The molecule has 1 aromatic heterocycles. The summed E-state index contributed by atoms with van der Waals surface area (Å²) in [5.74, 6) is -7.12. The van der Waals surface area contributed by atoms with Crippen molar-refractivity contribution in [1.82, 2.24) is 9.55 Å². The minimum absolute atomic E-state index is 0.00229. The maximum atomic E-state index is 13.8. The van der Waals surface area contributed by atoms with Crippen LogP contribution in [-0.2, 0) is 16.1 Å².